The summed E-state index contributed by atoms with van der Waals surface area (Å²) in [6.45, 7) is 5.91. The van der Waals surface area contributed by atoms with Gasteiger partial charge in [-0.3, -0.25) is 0 Å². The maximum absolute atomic E-state index is 11.3. The van der Waals surface area contributed by atoms with Crippen LogP contribution >= 0.6 is 0 Å². The third-order valence-corrected chi connectivity index (χ3v) is 2.75. The molecule has 0 saturated heterocycles. The van der Waals surface area contributed by atoms with Crippen LogP contribution in [0.25, 0.3) is 0 Å². The highest BCUT2D eigenvalue weighted by Gasteiger charge is 2.09. The molecule has 2 heteroatoms. The minimum Gasteiger partial charge on any atom is -0.465 e. The predicted molar refractivity (Wildman–Crippen MR) is 65.6 cm³/mol. The molecule has 0 radical (unpaired) electrons. The largest absolute Gasteiger partial charge is 0.465 e. The minimum absolute atomic E-state index is 0.289. The van der Waals surface area contributed by atoms with Crippen LogP contribution in [-0.4, -0.2) is 13.1 Å². The zero-order chi connectivity index (χ0) is 12.0. The van der Waals surface area contributed by atoms with Crippen molar-refractivity contribution in [1.82, 2.24) is 0 Å². The summed E-state index contributed by atoms with van der Waals surface area (Å²) in [7, 11) is 1.39. The van der Waals surface area contributed by atoms with Gasteiger partial charge in [-0.2, -0.15) is 0 Å². The molecule has 0 heterocycles. The van der Waals surface area contributed by atoms with E-state index in [2.05, 4.69) is 18.2 Å². The predicted octanol–water partition coefficient (Wildman–Crippen LogP) is 3.54. The molecule has 0 unspecified atom stereocenters. The van der Waals surface area contributed by atoms with Gasteiger partial charge in [0.05, 0.1) is 12.7 Å². The fraction of sp³-hybridized carbons (Fsp3) is 0.357. The molecule has 2 nitrogen and oxygen atoms in total. The standard InChI is InChI=1S/C14H18O2/c1-4-6-11(5-2)12-7-9-13(10-8-12)14(15)16-3/h4,7-11H,1,5-6H2,2-3H3/t11-/m0/s1. The van der Waals surface area contributed by atoms with E-state index in [9.17, 15) is 4.79 Å². The highest BCUT2D eigenvalue weighted by atomic mass is 16.5. The lowest BCUT2D eigenvalue weighted by molar-refractivity contribution is 0.0600. The molecule has 0 aliphatic rings. The van der Waals surface area contributed by atoms with Crippen LogP contribution in [0.3, 0.4) is 0 Å². The topological polar surface area (TPSA) is 26.3 Å². The molecule has 1 aromatic rings. The van der Waals surface area contributed by atoms with Crippen LogP contribution in [0.1, 0.15) is 41.6 Å². The molecular weight excluding hydrogens is 200 g/mol. The zero-order valence-electron chi connectivity index (χ0n) is 9.90. The van der Waals surface area contributed by atoms with E-state index < -0.39 is 0 Å². The summed E-state index contributed by atoms with van der Waals surface area (Å²) in [5, 5.41) is 0. The minimum atomic E-state index is -0.289. The second-order valence-corrected chi connectivity index (χ2v) is 3.74. The van der Waals surface area contributed by atoms with Gasteiger partial charge in [0.15, 0.2) is 0 Å². The first kappa shape index (κ1) is 12.5. The SMILES string of the molecule is C=CC[C@H](CC)c1ccc(C(=O)OC)cc1. The summed E-state index contributed by atoms with van der Waals surface area (Å²) in [6, 6.07) is 7.60. The number of carbonyl (C=O) groups excluding carboxylic acids is 1. The molecule has 1 aromatic carbocycles. The van der Waals surface area contributed by atoms with E-state index in [1.54, 1.807) is 0 Å². The van der Waals surface area contributed by atoms with Gasteiger partial charge >= 0.3 is 5.97 Å². The lowest BCUT2D eigenvalue weighted by Gasteiger charge is -2.13. The van der Waals surface area contributed by atoms with Crippen LogP contribution < -0.4 is 0 Å². The zero-order valence-corrected chi connectivity index (χ0v) is 9.90. The van der Waals surface area contributed by atoms with Crippen molar-refractivity contribution in [2.45, 2.75) is 25.7 Å². The number of hydrogen-bond donors (Lipinski definition) is 0. The van der Waals surface area contributed by atoms with Gasteiger partial charge in [-0.15, -0.1) is 6.58 Å². The third-order valence-electron chi connectivity index (χ3n) is 2.75. The summed E-state index contributed by atoms with van der Waals surface area (Å²) in [4.78, 5) is 11.3. The molecule has 86 valence electrons. The number of carbonyl (C=O) groups is 1. The van der Waals surface area contributed by atoms with Crippen molar-refractivity contribution in [3.63, 3.8) is 0 Å². The van der Waals surface area contributed by atoms with Crippen LogP contribution in [0.15, 0.2) is 36.9 Å². The van der Waals surface area contributed by atoms with Crippen LogP contribution in [0.5, 0.6) is 0 Å². The van der Waals surface area contributed by atoms with E-state index in [1.165, 1.54) is 12.7 Å². The van der Waals surface area contributed by atoms with Crippen molar-refractivity contribution in [2.75, 3.05) is 7.11 Å². The molecule has 0 bridgehead atoms. The first-order valence-electron chi connectivity index (χ1n) is 5.52. The molecule has 0 aromatic heterocycles. The van der Waals surface area contributed by atoms with Gasteiger partial charge in [-0.1, -0.05) is 25.1 Å². The van der Waals surface area contributed by atoms with Crippen molar-refractivity contribution in [2.24, 2.45) is 0 Å². The number of methoxy groups -OCH3 is 1. The average Bonchev–Trinajstić information content (AvgIpc) is 2.35. The van der Waals surface area contributed by atoms with E-state index in [0.29, 0.717) is 11.5 Å². The summed E-state index contributed by atoms with van der Waals surface area (Å²) in [5.41, 5.74) is 1.84. The van der Waals surface area contributed by atoms with Crippen LogP contribution in [0.2, 0.25) is 0 Å². The molecule has 16 heavy (non-hydrogen) atoms. The smallest absolute Gasteiger partial charge is 0.337 e. The Hall–Kier alpha value is -1.57. The van der Waals surface area contributed by atoms with Crippen molar-refractivity contribution in [3.05, 3.63) is 48.0 Å². The van der Waals surface area contributed by atoms with Crippen LogP contribution in [0.4, 0.5) is 0 Å². The molecule has 0 amide bonds. The van der Waals surface area contributed by atoms with Crippen molar-refractivity contribution in [1.29, 1.82) is 0 Å². The highest BCUT2D eigenvalue weighted by molar-refractivity contribution is 5.89. The molecule has 0 N–H and O–H groups in total. The van der Waals surface area contributed by atoms with Crippen LogP contribution in [0, 0.1) is 0 Å². The Kier molecular flexibility index (Phi) is 4.77. The van der Waals surface area contributed by atoms with Gasteiger partial charge in [-0.25, -0.2) is 4.79 Å². The summed E-state index contributed by atoms with van der Waals surface area (Å²) in [5.74, 6) is 0.201. The van der Waals surface area contributed by atoms with Gasteiger partial charge in [0.1, 0.15) is 0 Å². The second-order valence-electron chi connectivity index (χ2n) is 3.74. The number of hydrogen-bond acceptors (Lipinski definition) is 2. The summed E-state index contributed by atoms with van der Waals surface area (Å²) >= 11 is 0. The quantitative estimate of drug-likeness (QED) is 0.558. The van der Waals surface area contributed by atoms with Gasteiger partial charge < -0.3 is 4.74 Å². The Bertz CT molecular complexity index is 352. The molecule has 0 saturated carbocycles. The molecular formula is C14H18O2. The lowest BCUT2D eigenvalue weighted by atomic mass is 9.93. The normalized spacial score (nSPS) is 11.9. The van der Waals surface area contributed by atoms with E-state index in [4.69, 9.17) is 0 Å². The first-order chi connectivity index (χ1) is 7.72. The van der Waals surface area contributed by atoms with Gasteiger partial charge in [0.2, 0.25) is 0 Å². The van der Waals surface area contributed by atoms with Gasteiger partial charge in [0, 0.05) is 0 Å². The molecule has 0 fully saturated rings. The van der Waals surface area contributed by atoms with Crippen molar-refractivity contribution < 1.29 is 9.53 Å². The number of ether oxygens (including phenoxy) is 1. The fourth-order valence-corrected chi connectivity index (χ4v) is 1.75. The van der Waals surface area contributed by atoms with E-state index >= 15 is 0 Å². The second kappa shape index (κ2) is 6.11. The lowest BCUT2D eigenvalue weighted by Crippen LogP contribution is -2.02. The monoisotopic (exact) mass is 218 g/mol. The third kappa shape index (κ3) is 2.96. The maximum atomic E-state index is 11.3. The van der Waals surface area contributed by atoms with E-state index in [1.807, 2.05) is 30.3 Å². The van der Waals surface area contributed by atoms with E-state index in [-0.39, 0.29) is 5.97 Å². The van der Waals surface area contributed by atoms with Crippen LogP contribution in [-0.2, 0) is 4.74 Å². The Morgan fingerprint density at radius 1 is 1.44 bits per heavy atom. The highest BCUT2D eigenvalue weighted by Crippen LogP contribution is 2.23. The fourth-order valence-electron chi connectivity index (χ4n) is 1.75. The number of benzene rings is 1. The van der Waals surface area contributed by atoms with Gasteiger partial charge in [-0.05, 0) is 36.5 Å². The number of rotatable bonds is 5. The first-order valence-corrected chi connectivity index (χ1v) is 5.52. The summed E-state index contributed by atoms with van der Waals surface area (Å²) in [6.07, 6.45) is 3.97. The summed E-state index contributed by atoms with van der Waals surface area (Å²) < 4.78 is 4.66. The van der Waals surface area contributed by atoms with E-state index in [0.717, 1.165) is 12.8 Å². The molecule has 1 atom stereocenters. The molecule has 0 aliphatic carbocycles. The van der Waals surface area contributed by atoms with Crippen molar-refractivity contribution in [3.8, 4) is 0 Å². The number of allylic oxidation sites excluding steroid dienone is 1. The number of esters is 1. The molecule has 1 rings (SSSR count). The molecule has 0 aliphatic heterocycles. The Balaban J connectivity index is 2.84. The molecule has 0 spiro atoms. The Morgan fingerprint density at radius 2 is 2.06 bits per heavy atom. The van der Waals surface area contributed by atoms with Crippen molar-refractivity contribution >= 4 is 5.97 Å². The Labute approximate surface area is 96.9 Å². The maximum Gasteiger partial charge on any atom is 0.337 e. The average molecular weight is 218 g/mol. The Morgan fingerprint density at radius 3 is 2.50 bits per heavy atom. The van der Waals surface area contributed by atoms with Gasteiger partial charge in [0.25, 0.3) is 0 Å².